The van der Waals surface area contributed by atoms with Crippen LogP contribution < -0.4 is 15.4 Å². The zero-order chi connectivity index (χ0) is 15.0. The SMILES string of the molecule is CN1C(=O)C(n2ccc(C(N)=O)n2)COc2cccnc21. The van der Waals surface area contributed by atoms with E-state index in [1.807, 2.05) is 0 Å². The predicted octanol–water partition coefficient (Wildman–Crippen LogP) is -0.0265. The first-order chi connectivity index (χ1) is 10.1. The number of carbonyl (C=O) groups is 2. The number of amides is 2. The largest absolute Gasteiger partial charge is 0.487 e. The summed E-state index contributed by atoms with van der Waals surface area (Å²) in [5.41, 5.74) is 5.27. The Labute approximate surface area is 120 Å². The smallest absolute Gasteiger partial charge is 0.269 e. The summed E-state index contributed by atoms with van der Waals surface area (Å²) in [7, 11) is 1.62. The molecule has 0 radical (unpaired) electrons. The summed E-state index contributed by atoms with van der Waals surface area (Å²) in [4.78, 5) is 29.2. The molecule has 0 bridgehead atoms. The van der Waals surface area contributed by atoms with Gasteiger partial charge in [0, 0.05) is 19.4 Å². The second-order valence-electron chi connectivity index (χ2n) is 4.59. The first-order valence-electron chi connectivity index (χ1n) is 6.28. The Morgan fingerprint density at radius 3 is 3.00 bits per heavy atom. The van der Waals surface area contributed by atoms with Gasteiger partial charge in [-0.1, -0.05) is 0 Å². The standard InChI is InChI=1S/C13H13N5O3/c1-17-12-10(3-2-5-15-12)21-7-9(13(17)20)18-6-4-8(16-18)11(14)19/h2-6,9H,7H2,1H3,(H2,14,19). The third-order valence-corrected chi connectivity index (χ3v) is 3.26. The molecule has 1 unspecified atom stereocenters. The molecular formula is C13H13N5O3. The van der Waals surface area contributed by atoms with Crippen molar-refractivity contribution in [3.05, 3.63) is 36.3 Å². The van der Waals surface area contributed by atoms with Crippen LogP contribution >= 0.6 is 0 Å². The summed E-state index contributed by atoms with van der Waals surface area (Å²) in [6, 6.07) is 4.26. The van der Waals surface area contributed by atoms with Crippen LogP contribution in [0.15, 0.2) is 30.6 Å². The molecule has 0 aliphatic carbocycles. The monoisotopic (exact) mass is 287 g/mol. The first kappa shape index (κ1) is 13.1. The number of hydrogen-bond donors (Lipinski definition) is 1. The molecule has 21 heavy (non-hydrogen) atoms. The molecule has 2 aromatic rings. The number of rotatable bonds is 2. The molecule has 0 saturated heterocycles. The number of aromatic nitrogens is 3. The van der Waals surface area contributed by atoms with E-state index >= 15 is 0 Å². The van der Waals surface area contributed by atoms with Crippen molar-refractivity contribution >= 4 is 17.6 Å². The van der Waals surface area contributed by atoms with Gasteiger partial charge in [0.1, 0.15) is 12.3 Å². The van der Waals surface area contributed by atoms with Gasteiger partial charge in [0.15, 0.2) is 17.6 Å². The van der Waals surface area contributed by atoms with Crippen molar-refractivity contribution in [2.75, 3.05) is 18.6 Å². The van der Waals surface area contributed by atoms with E-state index in [4.69, 9.17) is 10.5 Å². The number of nitrogens with zero attached hydrogens (tertiary/aromatic N) is 4. The summed E-state index contributed by atoms with van der Waals surface area (Å²) < 4.78 is 7.00. The number of anilines is 1. The quantitative estimate of drug-likeness (QED) is 0.835. The highest BCUT2D eigenvalue weighted by molar-refractivity contribution is 5.97. The third kappa shape index (κ3) is 2.20. The van der Waals surface area contributed by atoms with E-state index < -0.39 is 11.9 Å². The number of nitrogens with two attached hydrogens (primary N) is 1. The van der Waals surface area contributed by atoms with Gasteiger partial charge in [-0.15, -0.1) is 0 Å². The maximum atomic E-state index is 12.5. The van der Waals surface area contributed by atoms with Crippen molar-refractivity contribution in [3.8, 4) is 5.75 Å². The van der Waals surface area contributed by atoms with Crippen molar-refractivity contribution in [3.63, 3.8) is 0 Å². The summed E-state index contributed by atoms with van der Waals surface area (Å²) in [5, 5.41) is 4.02. The second-order valence-corrected chi connectivity index (χ2v) is 4.59. The minimum Gasteiger partial charge on any atom is -0.487 e. The zero-order valence-corrected chi connectivity index (χ0v) is 11.3. The maximum absolute atomic E-state index is 12.5. The van der Waals surface area contributed by atoms with Gasteiger partial charge in [0.2, 0.25) is 0 Å². The van der Waals surface area contributed by atoms with Gasteiger partial charge in [0.05, 0.1) is 0 Å². The lowest BCUT2D eigenvalue weighted by atomic mass is 10.3. The summed E-state index contributed by atoms with van der Waals surface area (Å²) in [6.45, 7) is 0.0990. The highest BCUT2D eigenvalue weighted by Crippen LogP contribution is 2.30. The Kier molecular flexibility index (Phi) is 3.05. The number of likely N-dealkylation sites (N-methyl/N-ethyl adjacent to an activating group) is 1. The van der Waals surface area contributed by atoms with Gasteiger partial charge in [-0.2, -0.15) is 5.10 Å². The number of hydrogen-bond acceptors (Lipinski definition) is 5. The number of primary amides is 1. The van der Waals surface area contributed by atoms with Crippen LogP contribution in [0.1, 0.15) is 16.5 Å². The fraction of sp³-hybridized carbons (Fsp3) is 0.231. The van der Waals surface area contributed by atoms with Crippen molar-refractivity contribution < 1.29 is 14.3 Å². The Morgan fingerprint density at radius 2 is 2.29 bits per heavy atom. The normalized spacial score (nSPS) is 17.9. The summed E-state index contributed by atoms with van der Waals surface area (Å²) >= 11 is 0. The van der Waals surface area contributed by atoms with Crippen LogP contribution in [0.25, 0.3) is 0 Å². The molecule has 1 aliphatic heterocycles. The van der Waals surface area contributed by atoms with E-state index in [9.17, 15) is 9.59 Å². The van der Waals surface area contributed by atoms with Crippen molar-refractivity contribution in [2.45, 2.75) is 6.04 Å². The first-order valence-corrected chi connectivity index (χ1v) is 6.28. The molecule has 2 N–H and O–H groups in total. The van der Waals surface area contributed by atoms with Crippen LogP contribution in [0.5, 0.6) is 5.75 Å². The molecule has 1 aliphatic rings. The molecule has 0 fully saturated rings. The zero-order valence-electron chi connectivity index (χ0n) is 11.3. The van der Waals surface area contributed by atoms with Crippen LogP contribution in [0.2, 0.25) is 0 Å². The van der Waals surface area contributed by atoms with E-state index in [-0.39, 0.29) is 18.2 Å². The molecule has 0 aromatic carbocycles. The number of pyridine rings is 1. The van der Waals surface area contributed by atoms with Crippen LogP contribution in [-0.2, 0) is 4.79 Å². The van der Waals surface area contributed by atoms with Gasteiger partial charge < -0.3 is 10.5 Å². The molecule has 0 saturated carbocycles. The van der Waals surface area contributed by atoms with E-state index in [0.717, 1.165) is 0 Å². The average Bonchev–Trinajstić information content (AvgIpc) is 2.92. The van der Waals surface area contributed by atoms with Crippen molar-refractivity contribution in [2.24, 2.45) is 5.73 Å². The van der Waals surface area contributed by atoms with Crippen LogP contribution in [0.4, 0.5) is 5.82 Å². The molecule has 8 nitrogen and oxygen atoms in total. The molecule has 108 valence electrons. The molecule has 3 heterocycles. The lowest BCUT2D eigenvalue weighted by Gasteiger charge is -2.18. The Bertz CT molecular complexity index is 711. The minimum absolute atomic E-state index is 0.0990. The summed E-state index contributed by atoms with van der Waals surface area (Å²) in [5.74, 6) is 0.103. The number of carbonyl (C=O) groups excluding carboxylic acids is 2. The van der Waals surface area contributed by atoms with E-state index in [0.29, 0.717) is 11.6 Å². The molecular weight excluding hydrogens is 274 g/mol. The van der Waals surface area contributed by atoms with Crippen LogP contribution in [-0.4, -0.2) is 40.2 Å². The van der Waals surface area contributed by atoms with Crippen molar-refractivity contribution in [1.82, 2.24) is 14.8 Å². The van der Waals surface area contributed by atoms with Gasteiger partial charge in [-0.3, -0.25) is 19.2 Å². The van der Waals surface area contributed by atoms with E-state index in [1.54, 1.807) is 25.4 Å². The van der Waals surface area contributed by atoms with Gasteiger partial charge in [-0.05, 0) is 18.2 Å². The van der Waals surface area contributed by atoms with Crippen LogP contribution in [0, 0.1) is 0 Å². The Hall–Kier alpha value is -2.90. The third-order valence-electron chi connectivity index (χ3n) is 3.26. The highest BCUT2D eigenvalue weighted by atomic mass is 16.5. The van der Waals surface area contributed by atoms with E-state index in [1.165, 1.54) is 21.8 Å². The molecule has 0 spiro atoms. The molecule has 2 aromatic heterocycles. The van der Waals surface area contributed by atoms with Gasteiger partial charge in [0.25, 0.3) is 11.8 Å². The fourth-order valence-corrected chi connectivity index (χ4v) is 2.15. The number of ether oxygens (including phenoxy) is 1. The average molecular weight is 287 g/mol. The fourth-order valence-electron chi connectivity index (χ4n) is 2.15. The van der Waals surface area contributed by atoms with E-state index in [2.05, 4.69) is 10.1 Å². The molecule has 8 heteroatoms. The predicted molar refractivity (Wildman–Crippen MR) is 72.9 cm³/mol. The van der Waals surface area contributed by atoms with Gasteiger partial charge in [-0.25, -0.2) is 4.98 Å². The Balaban J connectivity index is 1.95. The maximum Gasteiger partial charge on any atom is 0.269 e. The summed E-state index contributed by atoms with van der Waals surface area (Å²) in [6.07, 6.45) is 3.12. The number of fused-ring (bicyclic) bond motifs is 1. The molecule has 1 atom stereocenters. The van der Waals surface area contributed by atoms with Crippen molar-refractivity contribution in [1.29, 1.82) is 0 Å². The Morgan fingerprint density at radius 1 is 1.48 bits per heavy atom. The molecule has 3 rings (SSSR count). The highest BCUT2D eigenvalue weighted by Gasteiger charge is 2.32. The molecule has 2 amide bonds. The van der Waals surface area contributed by atoms with Gasteiger partial charge >= 0.3 is 0 Å². The second kappa shape index (κ2) is 4.89. The van der Waals surface area contributed by atoms with Crippen LogP contribution in [0.3, 0.4) is 0 Å². The lowest BCUT2D eigenvalue weighted by molar-refractivity contribution is -0.122. The lowest BCUT2D eigenvalue weighted by Crippen LogP contribution is -2.36. The minimum atomic E-state index is -0.683. The topological polar surface area (TPSA) is 103 Å².